The van der Waals surface area contributed by atoms with Gasteiger partial charge in [-0.05, 0) is 49.7 Å². The molecule has 4 rings (SSSR count). The van der Waals surface area contributed by atoms with Crippen molar-refractivity contribution in [1.82, 2.24) is 0 Å². The van der Waals surface area contributed by atoms with Crippen molar-refractivity contribution < 1.29 is 19.8 Å². The van der Waals surface area contributed by atoms with Crippen molar-refractivity contribution in [3.05, 3.63) is 23.8 Å². The third kappa shape index (κ3) is 2.47. The van der Waals surface area contributed by atoms with Crippen molar-refractivity contribution in [3.63, 3.8) is 0 Å². The topological polar surface area (TPSA) is 74.6 Å². The number of ketones is 2. The maximum Gasteiger partial charge on any atom is 0.178 e. The first-order chi connectivity index (χ1) is 12.6. The van der Waals surface area contributed by atoms with E-state index in [9.17, 15) is 19.8 Å². The second-order valence-corrected chi connectivity index (χ2v) is 10.4. The van der Waals surface area contributed by atoms with Crippen LogP contribution in [-0.2, 0) is 9.59 Å². The first-order valence-corrected chi connectivity index (χ1v) is 11.2. The van der Waals surface area contributed by atoms with Crippen molar-refractivity contribution in [2.24, 2.45) is 28.6 Å². The highest BCUT2D eigenvalue weighted by Crippen LogP contribution is 2.67. The third-order valence-corrected chi connectivity index (χ3v) is 9.17. The van der Waals surface area contributed by atoms with Gasteiger partial charge >= 0.3 is 0 Å². The van der Waals surface area contributed by atoms with Gasteiger partial charge in [-0.1, -0.05) is 41.4 Å². The molecule has 0 saturated heterocycles. The predicted molar refractivity (Wildman–Crippen MR) is 107 cm³/mol. The Balaban J connectivity index is 1.79. The van der Waals surface area contributed by atoms with E-state index in [0.717, 1.165) is 12.0 Å². The maximum atomic E-state index is 12.6. The second-order valence-electron chi connectivity index (χ2n) is 9.26. The maximum absolute atomic E-state index is 12.6. The van der Waals surface area contributed by atoms with Crippen LogP contribution in [0.3, 0.4) is 0 Å². The van der Waals surface area contributed by atoms with Crippen LogP contribution >= 0.6 is 27.5 Å². The summed E-state index contributed by atoms with van der Waals surface area (Å²) in [4.78, 5) is 24.5. The van der Waals surface area contributed by atoms with Gasteiger partial charge in [0, 0.05) is 22.1 Å². The molecule has 0 spiro atoms. The molecule has 4 nitrogen and oxygen atoms in total. The average Bonchev–Trinajstić information content (AvgIpc) is 2.87. The van der Waals surface area contributed by atoms with Crippen molar-refractivity contribution >= 4 is 39.1 Å². The summed E-state index contributed by atoms with van der Waals surface area (Å²) >= 11 is 10.1. The summed E-state index contributed by atoms with van der Waals surface area (Å²) in [6.45, 7) is 4.03. The lowest BCUT2D eigenvalue weighted by atomic mass is 9.46. The lowest BCUT2D eigenvalue weighted by Gasteiger charge is -2.60. The number of allylic oxidation sites excluding steroid dienone is 4. The van der Waals surface area contributed by atoms with Gasteiger partial charge in [0.1, 0.15) is 5.60 Å². The van der Waals surface area contributed by atoms with Crippen molar-refractivity contribution in [2.45, 2.75) is 56.6 Å². The van der Waals surface area contributed by atoms with Crippen LogP contribution in [0.4, 0.5) is 0 Å². The standard InChI is InChI=1S/C21H26BrClO4/c1-19-5-3-12(24)7-11(19)8-14(23)17-13-4-6-21(27,16(26)10-22)20(13,2)9-15(25)18(17)19/h3,5,7,13-15,17-18,25,27H,4,6,8-10H2,1-2H3/t13-,14?,15?,17+,18-,19-,20-,21-/m0/s1. The zero-order chi connectivity index (χ0) is 19.8. The van der Waals surface area contributed by atoms with Gasteiger partial charge in [0.05, 0.1) is 11.4 Å². The lowest BCUT2D eigenvalue weighted by Crippen LogP contribution is -2.63. The van der Waals surface area contributed by atoms with Gasteiger partial charge in [-0.15, -0.1) is 11.6 Å². The molecule has 3 fully saturated rings. The van der Waals surface area contributed by atoms with Crippen molar-refractivity contribution in [2.75, 3.05) is 5.33 Å². The molecule has 148 valence electrons. The molecule has 27 heavy (non-hydrogen) atoms. The van der Waals surface area contributed by atoms with Crippen LogP contribution in [0, 0.1) is 28.6 Å². The molecular weight excluding hydrogens is 432 g/mol. The van der Waals surface area contributed by atoms with Gasteiger partial charge in [0.25, 0.3) is 0 Å². The fourth-order valence-electron chi connectivity index (χ4n) is 6.81. The molecule has 0 aliphatic heterocycles. The minimum Gasteiger partial charge on any atom is -0.393 e. The van der Waals surface area contributed by atoms with E-state index in [0.29, 0.717) is 19.3 Å². The number of halogens is 2. The van der Waals surface area contributed by atoms with Crippen LogP contribution in [0.15, 0.2) is 23.8 Å². The van der Waals surface area contributed by atoms with Crippen molar-refractivity contribution in [1.29, 1.82) is 0 Å². The predicted octanol–water partition coefficient (Wildman–Crippen LogP) is 3.18. The third-order valence-electron chi connectivity index (χ3n) is 8.22. The number of alkyl halides is 2. The number of rotatable bonds is 2. The van der Waals surface area contributed by atoms with Gasteiger partial charge in [-0.2, -0.15) is 0 Å². The highest BCUT2D eigenvalue weighted by molar-refractivity contribution is 9.09. The number of hydrogen-bond acceptors (Lipinski definition) is 4. The van der Waals surface area contributed by atoms with Gasteiger partial charge in [-0.25, -0.2) is 0 Å². The molecular formula is C21H26BrClO4. The van der Waals surface area contributed by atoms with Crippen molar-refractivity contribution in [3.8, 4) is 0 Å². The first-order valence-electron chi connectivity index (χ1n) is 9.66. The summed E-state index contributed by atoms with van der Waals surface area (Å²) in [7, 11) is 0. The average molecular weight is 458 g/mol. The fourth-order valence-corrected chi connectivity index (χ4v) is 7.78. The molecule has 4 aliphatic carbocycles. The van der Waals surface area contributed by atoms with Gasteiger partial charge < -0.3 is 10.2 Å². The van der Waals surface area contributed by atoms with Gasteiger partial charge in [0.2, 0.25) is 0 Å². The first kappa shape index (κ1) is 19.8. The molecule has 0 aromatic rings. The summed E-state index contributed by atoms with van der Waals surface area (Å²) in [5, 5.41) is 22.5. The molecule has 0 aromatic carbocycles. The summed E-state index contributed by atoms with van der Waals surface area (Å²) in [5.74, 6) is -0.319. The molecule has 3 saturated carbocycles. The zero-order valence-corrected chi connectivity index (χ0v) is 18.0. The molecule has 4 aliphatic rings. The molecule has 2 N–H and O–H groups in total. The number of carbonyl (C=O) groups excluding carboxylic acids is 2. The minimum atomic E-state index is -1.43. The van der Waals surface area contributed by atoms with E-state index in [4.69, 9.17) is 11.6 Å². The molecule has 0 amide bonds. The normalized spacial score (nSPS) is 51.3. The largest absolute Gasteiger partial charge is 0.393 e. The van der Waals surface area contributed by atoms with E-state index in [-0.39, 0.29) is 40.0 Å². The zero-order valence-electron chi connectivity index (χ0n) is 15.6. The Morgan fingerprint density at radius 3 is 2.78 bits per heavy atom. The number of aliphatic hydroxyl groups is 2. The van der Waals surface area contributed by atoms with E-state index in [1.807, 2.05) is 13.0 Å². The summed E-state index contributed by atoms with van der Waals surface area (Å²) in [5.41, 5.74) is -1.55. The number of fused-ring (bicyclic) bond motifs is 5. The quantitative estimate of drug-likeness (QED) is 0.625. The number of carbonyl (C=O) groups is 2. The Hall–Kier alpha value is -0.490. The highest BCUT2D eigenvalue weighted by Gasteiger charge is 2.69. The fraction of sp³-hybridized carbons (Fsp3) is 0.714. The summed E-state index contributed by atoms with van der Waals surface area (Å²) in [6.07, 6.45) is 6.59. The van der Waals surface area contributed by atoms with Gasteiger partial charge in [-0.3, -0.25) is 9.59 Å². The number of Topliss-reactive ketones (excluding diaryl/α,β-unsaturated/α-hetero) is 1. The number of aliphatic hydroxyl groups excluding tert-OH is 1. The van der Waals surface area contributed by atoms with Crippen LogP contribution in [0.5, 0.6) is 0 Å². The second kappa shape index (κ2) is 6.25. The van der Waals surface area contributed by atoms with Crippen LogP contribution in [-0.4, -0.2) is 44.2 Å². The van der Waals surface area contributed by atoms with E-state index < -0.39 is 22.5 Å². The molecule has 8 atom stereocenters. The Bertz CT molecular complexity index is 763. The van der Waals surface area contributed by atoms with Gasteiger partial charge in [0.15, 0.2) is 11.6 Å². The van der Waals surface area contributed by atoms with Crippen LogP contribution in [0.2, 0.25) is 0 Å². The minimum absolute atomic E-state index is 0.0161. The molecule has 2 unspecified atom stereocenters. The van der Waals surface area contributed by atoms with Crippen LogP contribution < -0.4 is 0 Å². The molecule has 0 radical (unpaired) electrons. The lowest BCUT2D eigenvalue weighted by molar-refractivity contribution is -0.174. The van der Waals surface area contributed by atoms with Crippen LogP contribution in [0.1, 0.15) is 39.5 Å². The highest BCUT2D eigenvalue weighted by atomic mass is 79.9. The van der Waals surface area contributed by atoms with Crippen LogP contribution in [0.25, 0.3) is 0 Å². The SMILES string of the molecule is C[C@]12C=CC(=O)C=C1CC(Cl)[C@@H]1[C@@H]2C(O)C[C@@]2(C)[C@H]1CC[C@]2(O)C(=O)CBr. The molecule has 0 heterocycles. The monoisotopic (exact) mass is 456 g/mol. The van der Waals surface area contributed by atoms with E-state index in [1.165, 1.54) is 0 Å². The molecule has 0 bridgehead atoms. The number of hydrogen-bond donors (Lipinski definition) is 2. The molecule has 6 heteroatoms. The summed E-state index contributed by atoms with van der Waals surface area (Å²) < 4.78 is 0. The Labute approximate surface area is 173 Å². The van der Waals surface area contributed by atoms with E-state index >= 15 is 0 Å². The Kier molecular flexibility index (Phi) is 4.59. The Morgan fingerprint density at radius 1 is 1.41 bits per heavy atom. The summed E-state index contributed by atoms with van der Waals surface area (Å²) in [6, 6.07) is 0. The van der Waals surface area contributed by atoms with E-state index in [2.05, 4.69) is 22.9 Å². The smallest absolute Gasteiger partial charge is 0.178 e. The van der Waals surface area contributed by atoms with E-state index in [1.54, 1.807) is 12.2 Å². The Morgan fingerprint density at radius 2 is 2.11 bits per heavy atom. The molecule has 0 aromatic heterocycles.